The summed E-state index contributed by atoms with van der Waals surface area (Å²) in [5, 5.41) is 6.02. The second-order valence-electron chi connectivity index (χ2n) is 8.78. The van der Waals surface area contributed by atoms with E-state index in [0.717, 1.165) is 25.9 Å². The molecule has 4 rings (SSSR count). The Morgan fingerprint density at radius 1 is 1.17 bits per heavy atom. The second-order valence-corrected chi connectivity index (χ2v) is 8.78. The third-order valence-corrected chi connectivity index (χ3v) is 6.47. The van der Waals surface area contributed by atoms with Crippen molar-refractivity contribution in [1.29, 1.82) is 0 Å². The number of nitrogens with one attached hydrogen (secondary N) is 2. The lowest BCUT2D eigenvalue weighted by molar-refractivity contribution is -0.124. The van der Waals surface area contributed by atoms with Crippen LogP contribution in [0.25, 0.3) is 0 Å². The molecule has 2 heterocycles. The average molecular weight is 416 g/mol. The maximum Gasteiger partial charge on any atom is 0.222 e. The van der Waals surface area contributed by atoms with Crippen molar-refractivity contribution in [3.63, 3.8) is 0 Å². The molecular formula is C23H33N3O4. The maximum absolute atomic E-state index is 12.5. The predicted octanol–water partition coefficient (Wildman–Crippen LogP) is 1.32. The van der Waals surface area contributed by atoms with E-state index in [0.29, 0.717) is 38.6 Å². The highest BCUT2D eigenvalue weighted by Crippen LogP contribution is 2.42. The minimum atomic E-state index is -0.142. The number of hydrogen-bond acceptors (Lipinski definition) is 5. The molecule has 2 N–H and O–H groups in total. The first kappa shape index (κ1) is 21.3. The lowest BCUT2D eigenvalue weighted by Gasteiger charge is -2.23. The number of ether oxygens (including phenoxy) is 2. The smallest absolute Gasteiger partial charge is 0.222 e. The van der Waals surface area contributed by atoms with Crippen LogP contribution in [0, 0.1) is 11.8 Å². The van der Waals surface area contributed by atoms with Gasteiger partial charge in [-0.1, -0.05) is 30.3 Å². The number of carbonyl (C=O) groups excluding carboxylic acids is 2. The summed E-state index contributed by atoms with van der Waals surface area (Å²) in [7, 11) is 1.62. The first-order chi connectivity index (χ1) is 14.6. The summed E-state index contributed by atoms with van der Waals surface area (Å²) in [5.74, 6) is 0.530. The monoisotopic (exact) mass is 415 g/mol. The molecule has 0 aromatic heterocycles. The van der Waals surface area contributed by atoms with E-state index in [4.69, 9.17) is 9.47 Å². The van der Waals surface area contributed by atoms with Gasteiger partial charge in [-0.05, 0) is 24.3 Å². The average Bonchev–Trinajstić information content (AvgIpc) is 3.34. The molecule has 4 atom stereocenters. The van der Waals surface area contributed by atoms with Gasteiger partial charge in [0, 0.05) is 51.2 Å². The second kappa shape index (κ2) is 9.90. The first-order valence-corrected chi connectivity index (χ1v) is 11.1. The quantitative estimate of drug-likeness (QED) is 0.564. The summed E-state index contributed by atoms with van der Waals surface area (Å²) < 4.78 is 11.1. The Hall–Kier alpha value is -1.96. The van der Waals surface area contributed by atoms with Crippen molar-refractivity contribution in [2.45, 2.75) is 50.4 Å². The van der Waals surface area contributed by atoms with Gasteiger partial charge in [0.15, 0.2) is 0 Å². The Kier molecular flexibility index (Phi) is 7.02. The molecule has 3 aliphatic rings. The summed E-state index contributed by atoms with van der Waals surface area (Å²) in [6.45, 7) is 3.34. The maximum atomic E-state index is 12.5. The Balaban J connectivity index is 1.41. The zero-order chi connectivity index (χ0) is 20.9. The molecule has 0 radical (unpaired) electrons. The third kappa shape index (κ3) is 5.39. The van der Waals surface area contributed by atoms with Crippen molar-refractivity contribution < 1.29 is 19.1 Å². The summed E-state index contributed by atoms with van der Waals surface area (Å²) in [6.07, 6.45) is 2.89. The fourth-order valence-corrected chi connectivity index (χ4v) is 4.91. The molecule has 3 fully saturated rings. The van der Waals surface area contributed by atoms with Crippen LogP contribution in [-0.2, 0) is 25.6 Å². The molecule has 2 saturated heterocycles. The van der Waals surface area contributed by atoms with Crippen LogP contribution in [0.2, 0.25) is 0 Å². The number of methoxy groups -OCH3 is 1. The SMILES string of the molecule is COCCNC(=O)C[C@@H]1OC[C@@H]2[C@H]1[C@H](CC(=O)NC1CC1)CN2Cc1ccccc1. The Labute approximate surface area is 178 Å². The molecule has 7 nitrogen and oxygen atoms in total. The highest BCUT2D eigenvalue weighted by atomic mass is 16.5. The van der Waals surface area contributed by atoms with Gasteiger partial charge in [0.1, 0.15) is 0 Å². The van der Waals surface area contributed by atoms with Crippen molar-refractivity contribution in [3.05, 3.63) is 35.9 Å². The molecule has 1 aliphatic carbocycles. The Morgan fingerprint density at radius 3 is 2.70 bits per heavy atom. The highest BCUT2D eigenvalue weighted by Gasteiger charge is 2.51. The fourth-order valence-electron chi connectivity index (χ4n) is 4.91. The number of hydrogen-bond donors (Lipinski definition) is 2. The molecule has 1 saturated carbocycles. The lowest BCUT2D eigenvalue weighted by Crippen LogP contribution is -2.36. The third-order valence-electron chi connectivity index (χ3n) is 6.47. The zero-order valence-corrected chi connectivity index (χ0v) is 17.7. The number of fused-ring (bicyclic) bond motifs is 1. The number of nitrogens with zero attached hydrogens (tertiary/aromatic N) is 1. The van der Waals surface area contributed by atoms with E-state index in [1.165, 1.54) is 5.56 Å². The van der Waals surface area contributed by atoms with Gasteiger partial charge in [-0.15, -0.1) is 0 Å². The van der Waals surface area contributed by atoms with Gasteiger partial charge in [0.05, 0.1) is 25.7 Å². The van der Waals surface area contributed by atoms with Crippen LogP contribution in [-0.4, -0.2) is 68.3 Å². The van der Waals surface area contributed by atoms with E-state index in [-0.39, 0.29) is 35.8 Å². The summed E-state index contributed by atoms with van der Waals surface area (Å²) in [5.41, 5.74) is 1.26. The van der Waals surface area contributed by atoms with Gasteiger partial charge in [0.25, 0.3) is 0 Å². The van der Waals surface area contributed by atoms with E-state index >= 15 is 0 Å². The summed E-state index contributed by atoms with van der Waals surface area (Å²) in [4.78, 5) is 27.4. The van der Waals surface area contributed by atoms with Gasteiger partial charge in [-0.2, -0.15) is 0 Å². The van der Waals surface area contributed by atoms with Crippen LogP contribution >= 0.6 is 0 Å². The van der Waals surface area contributed by atoms with E-state index in [9.17, 15) is 9.59 Å². The molecule has 0 unspecified atom stereocenters. The molecule has 1 aromatic rings. The van der Waals surface area contributed by atoms with Gasteiger partial charge >= 0.3 is 0 Å². The first-order valence-electron chi connectivity index (χ1n) is 11.1. The summed E-state index contributed by atoms with van der Waals surface area (Å²) in [6, 6.07) is 11.0. The Bertz CT molecular complexity index is 724. The normalized spacial score (nSPS) is 28.3. The van der Waals surface area contributed by atoms with Crippen molar-refractivity contribution in [3.8, 4) is 0 Å². The largest absolute Gasteiger partial charge is 0.383 e. The fraction of sp³-hybridized carbons (Fsp3) is 0.652. The topological polar surface area (TPSA) is 79.9 Å². The molecule has 0 spiro atoms. The Morgan fingerprint density at radius 2 is 1.97 bits per heavy atom. The standard InChI is InChI=1S/C23H33N3O4/c1-29-10-9-24-21(27)12-20-23-17(11-22(28)25-18-7-8-18)14-26(19(23)15-30-20)13-16-5-3-2-4-6-16/h2-6,17-20,23H,7-15H2,1H3,(H,24,27)(H,25,28)/t17-,19-,20+,23-/m1/s1. The van der Waals surface area contributed by atoms with Crippen LogP contribution in [0.1, 0.15) is 31.2 Å². The number of likely N-dealkylation sites (tertiary alicyclic amines) is 1. The van der Waals surface area contributed by atoms with Crippen molar-refractivity contribution in [2.75, 3.05) is 33.4 Å². The molecule has 0 bridgehead atoms. The molecule has 30 heavy (non-hydrogen) atoms. The van der Waals surface area contributed by atoms with Gasteiger partial charge < -0.3 is 20.1 Å². The van der Waals surface area contributed by atoms with Crippen LogP contribution in [0.5, 0.6) is 0 Å². The number of benzene rings is 1. The van der Waals surface area contributed by atoms with E-state index in [2.05, 4.69) is 39.8 Å². The van der Waals surface area contributed by atoms with Crippen molar-refractivity contribution in [1.82, 2.24) is 15.5 Å². The van der Waals surface area contributed by atoms with Crippen LogP contribution in [0.3, 0.4) is 0 Å². The molecule has 2 amide bonds. The van der Waals surface area contributed by atoms with Crippen molar-refractivity contribution in [2.24, 2.45) is 11.8 Å². The highest BCUT2D eigenvalue weighted by molar-refractivity contribution is 5.77. The summed E-state index contributed by atoms with van der Waals surface area (Å²) >= 11 is 0. The van der Waals surface area contributed by atoms with Gasteiger partial charge in [-0.25, -0.2) is 0 Å². The number of rotatable bonds is 10. The van der Waals surface area contributed by atoms with Gasteiger partial charge in [0.2, 0.25) is 11.8 Å². The van der Waals surface area contributed by atoms with Crippen LogP contribution in [0.15, 0.2) is 30.3 Å². The lowest BCUT2D eigenvalue weighted by atomic mass is 9.84. The number of amides is 2. The van der Waals surface area contributed by atoms with E-state index in [1.54, 1.807) is 7.11 Å². The minimum Gasteiger partial charge on any atom is -0.383 e. The molecule has 1 aromatic carbocycles. The predicted molar refractivity (Wildman–Crippen MR) is 113 cm³/mol. The van der Waals surface area contributed by atoms with E-state index in [1.807, 2.05) is 6.07 Å². The van der Waals surface area contributed by atoms with Gasteiger partial charge in [-0.3, -0.25) is 14.5 Å². The molecular weight excluding hydrogens is 382 g/mol. The molecule has 164 valence electrons. The minimum absolute atomic E-state index is 0.0135. The number of carbonyl (C=O) groups is 2. The van der Waals surface area contributed by atoms with Crippen molar-refractivity contribution >= 4 is 11.8 Å². The van der Waals surface area contributed by atoms with Crippen LogP contribution in [0.4, 0.5) is 0 Å². The molecule has 7 heteroatoms. The zero-order valence-electron chi connectivity index (χ0n) is 17.7. The van der Waals surface area contributed by atoms with Crippen LogP contribution < -0.4 is 10.6 Å². The molecule has 2 aliphatic heterocycles. The van der Waals surface area contributed by atoms with E-state index < -0.39 is 0 Å².